The largest absolute Gasteiger partial charge is 0.379 e. The fourth-order valence-corrected chi connectivity index (χ4v) is 3.07. The molecule has 1 N–H and O–H groups in total. The zero-order valence-electron chi connectivity index (χ0n) is 10.1. The maximum Gasteiger partial charge on any atom is 0.123 e. The number of benzene rings is 2. The Morgan fingerprint density at radius 1 is 1.16 bits per heavy atom. The van der Waals surface area contributed by atoms with Gasteiger partial charge in [0.1, 0.15) is 5.82 Å². The lowest BCUT2D eigenvalue weighted by atomic mass is 10.1. The number of aryl methyl sites for hydroxylation is 1. The van der Waals surface area contributed by atoms with Crippen LogP contribution in [0.25, 0.3) is 0 Å². The first-order valence-electron chi connectivity index (χ1n) is 5.61. The van der Waals surface area contributed by atoms with Crippen molar-refractivity contribution in [1.29, 1.82) is 0 Å². The van der Waals surface area contributed by atoms with E-state index in [0.29, 0.717) is 22.3 Å². The Labute approximate surface area is 129 Å². The van der Waals surface area contributed by atoms with Crippen LogP contribution in [0.2, 0.25) is 10.0 Å². The summed E-state index contributed by atoms with van der Waals surface area (Å²) in [5.41, 5.74) is 2.53. The third kappa shape index (κ3) is 3.62. The molecule has 0 saturated heterocycles. The number of rotatable bonds is 3. The van der Waals surface area contributed by atoms with Crippen molar-refractivity contribution in [3.63, 3.8) is 0 Å². The van der Waals surface area contributed by atoms with Gasteiger partial charge in [-0.3, -0.25) is 0 Å². The van der Waals surface area contributed by atoms with Crippen LogP contribution in [-0.2, 0) is 6.54 Å². The number of anilines is 1. The Bertz CT molecular complexity index is 593. The molecular weight excluding hydrogens is 352 g/mol. The SMILES string of the molecule is Cc1ccc(F)cc1CNc1c(Cl)cc(Br)cc1Cl. The van der Waals surface area contributed by atoms with E-state index in [0.717, 1.165) is 15.6 Å². The summed E-state index contributed by atoms with van der Waals surface area (Å²) < 4.78 is 14.0. The van der Waals surface area contributed by atoms with Crippen molar-refractivity contribution in [3.8, 4) is 0 Å². The van der Waals surface area contributed by atoms with E-state index in [1.165, 1.54) is 12.1 Å². The van der Waals surface area contributed by atoms with Gasteiger partial charge in [0.25, 0.3) is 0 Å². The van der Waals surface area contributed by atoms with Crippen LogP contribution in [-0.4, -0.2) is 0 Å². The molecular formula is C14H11BrCl2FN. The highest BCUT2D eigenvalue weighted by Crippen LogP contribution is 2.34. The molecule has 0 aliphatic rings. The molecule has 0 fully saturated rings. The van der Waals surface area contributed by atoms with Gasteiger partial charge >= 0.3 is 0 Å². The van der Waals surface area contributed by atoms with Crippen molar-refractivity contribution in [3.05, 3.63) is 61.8 Å². The second kappa shape index (κ2) is 6.12. The van der Waals surface area contributed by atoms with Gasteiger partial charge in [-0.15, -0.1) is 0 Å². The van der Waals surface area contributed by atoms with Crippen LogP contribution in [0.3, 0.4) is 0 Å². The van der Waals surface area contributed by atoms with Crippen LogP contribution in [0, 0.1) is 12.7 Å². The lowest BCUT2D eigenvalue weighted by Gasteiger charge is -2.12. The van der Waals surface area contributed by atoms with Crippen LogP contribution in [0.4, 0.5) is 10.1 Å². The zero-order valence-corrected chi connectivity index (χ0v) is 13.2. The fourth-order valence-electron chi connectivity index (χ4n) is 1.73. The minimum atomic E-state index is -0.254. The molecule has 1 nitrogen and oxygen atoms in total. The summed E-state index contributed by atoms with van der Waals surface area (Å²) in [7, 11) is 0. The summed E-state index contributed by atoms with van der Waals surface area (Å²) in [6, 6.07) is 8.21. The second-order valence-corrected chi connectivity index (χ2v) is 5.90. The standard InChI is InChI=1S/C14H11BrCl2FN/c1-8-2-3-11(18)4-9(8)7-19-14-12(16)5-10(15)6-13(14)17/h2-6,19H,7H2,1H3. The lowest BCUT2D eigenvalue weighted by molar-refractivity contribution is 0.625. The summed E-state index contributed by atoms with van der Waals surface area (Å²) in [5, 5.41) is 4.18. The summed E-state index contributed by atoms with van der Waals surface area (Å²) >= 11 is 15.6. The minimum absolute atomic E-state index is 0.254. The first-order chi connectivity index (χ1) is 8.97. The predicted molar refractivity (Wildman–Crippen MR) is 82.6 cm³/mol. The van der Waals surface area contributed by atoms with Gasteiger partial charge in [-0.2, -0.15) is 0 Å². The Hall–Kier alpha value is -0.770. The maximum absolute atomic E-state index is 13.2. The lowest BCUT2D eigenvalue weighted by Crippen LogP contribution is -2.03. The van der Waals surface area contributed by atoms with Crippen molar-refractivity contribution in [2.45, 2.75) is 13.5 Å². The van der Waals surface area contributed by atoms with Crippen LogP contribution >= 0.6 is 39.1 Å². The van der Waals surface area contributed by atoms with Crippen molar-refractivity contribution in [1.82, 2.24) is 0 Å². The molecule has 2 aromatic carbocycles. The molecule has 100 valence electrons. The highest BCUT2D eigenvalue weighted by molar-refractivity contribution is 9.10. The van der Waals surface area contributed by atoms with E-state index < -0.39 is 0 Å². The maximum atomic E-state index is 13.2. The third-order valence-electron chi connectivity index (χ3n) is 2.77. The Kier molecular flexibility index (Phi) is 4.71. The number of hydrogen-bond acceptors (Lipinski definition) is 1. The van der Waals surface area contributed by atoms with Crippen molar-refractivity contribution >= 4 is 44.8 Å². The average molecular weight is 363 g/mol. The van der Waals surface area contributed by atoms with E-state index in [4.69, 9.17) is 23.2 Å². The van der Waals surface area contributed by atoms with Crippen molar-refractivity contribution in [2.24, 2.45) is 0 Å². The van der Waals surface area contributed by atoms with E-state index in [9.17, 15) is 4.39 Å². The van der Waals surface area contributed by atoms with Gasteiger partial charge < -0.3 is 5.32 Å². The molecule has 0 spiro atoms. The average Bonchev–Trinajstić information content (AvgIpc) is 2.32. The van der Waals surface area contributed by atoms with Gasteiger partial charge in [0, 0.05) is 11.0 Å². The van der Waals surface area contributed by atoms with E-state index >= 15 is 0 Å². The number of halogens is 4. The summed E-state index contributed by atoms with van der Waals surface area (Å²) in [4.78, 5) is 0. The molecule has 2 aromatic rings. The van der Waals surface area contributed by atoms with Gasteiger partial charge in [-0.05, 0) is 42.3 Å². The Balaban J connectivity index is 2.21. The highest BCUT2D eigenvalue weighted by atomic mass is 79.9. The van der Waals surface area contributed by atoms with E-state index in [2.05, 4.69) is 21.2 Å². The summed E-state index contributed by atoms with van der Waals surface area (Å²) in [5.74, 6) is -0.254. The monoisotopic (exact) mass is 361 g/mol. The molecule has 0 saturated carbocycles. The Morgan fingerprint density at radius 3 is 2.42 bits per heavy atom. The number of nitrogens with one attached hydrogen (secondary N) is 1. The quantitative estimate of drug-likeness (QED) is 0.725. The molecule has 0 atom stereocenters. The molecule has 0 heterocycles. The minimum Gasteiger partial charge on any atom is -0.379 e. The molecule has 0 aromatic heterocycles. The third-order valence-corrected chi connectivity index (χ3v) is 3.83. The topological polar surface area (TPSA) is 12.0 Å². The van der Waals surface area contributed by atoms with Crippen LogP contribution in [0.1, 0.15) is 11.1 Å². The molecule has 19 heavy (non-hydrogen) atoms. The van der Waals surface area contributed by atoms with Crippen LogP contribution in [0.15, 0.2) is 34.8 Å². The molecule has 0 amide bonds. The van der Waals surface area contributed by atoms with Crippen molar-refractivity contribution < 1.29 is 4.39 Å². The fraction of sp³-hybridized carbons (Fsp3) is 0.143. The van der Waals surface area contributed by atoms with Gasteiger partial charge in [0.05, 0.1) is 15.7 Å². The van der Waals surface area contributed by atoms with Crippen LogP contribution < -0.4 is 5.32 Å². The molecule has 0 radical (unpaired) electrons. The van der Waals surface area contributed by atoms with Gasteiger partial charge in [0.2, 0.25) is 0 Å². The van der Waals surface area contributed by atoms with E-state index in [-0.39, 0.29) is 5.82 Å². The normalized spacial score (nSPS) is 10.6. The second-order valence-electron chi connectivity index (χ2n) is 4.17. The molecule has 5 heteroatoms. The summed E-state index contributed by atoms with van der Waals surface area (Å²) in [6.07, 6.45) is 0. The van der Waals surface area contributed by atoms with Gasteiger partial charge in [-0.25, -0.2) is 4.39 Å². The van der Waals surface area contributed by atoms with Crippen LogP contribution in [0.5, 0.6) is 0 Å². The molecule has 0 aliphatic carbocycles. The zero-order chi connectivity index (χ0) is 14.0. The first kappa shape index (κ1) is 14.6. The highest BCUT2D eigenvalue weighted by Gasteiger charge is 2.08. The number of hydrogen-bond donors (Lipinski definition) is 1. The van der Waals surface area contributed by atoms with E-state index in [1.807, 2.05) is 6.92 Å². The predicted octanol–water partition coefficient (Wildman–Crippen LogP) is 5.82. The molecule has 0 bridgehead atoms. The molecule has 2 rings (SSSR count). The first-order valence-corrected chi connectivity index (χ1v) is 7.15. The summed E-state index contributed by atoms with van der Waals surface area (Å²) in [6.45, 7) is 2.39. The van der Waals surface area contributed by atoms with E-state index in [1.54, 1.807) is 18.2 Å². The molecule has 0 unspecified atom stereocenters. The smallest absolute Gasteiger partial charge is 0.123 e. The van der Waals surface area contributed by atoms with Crippen molar-refractivity contribution in [2.75, 3.05) is 5.32 Å². The van der Waals surface area contributed by atoms with Gasteiger partial charge in [-0.1, -0.05) is 45.2 Å². The Morgan fingerprint density at radius 2 is 1.79 bits per heavy atom. The van der Waals surface area contributed by atoms with Gasteiger partial charge in [0.15, 0.2) is 0 Å². The molecule has 0 aliphatic heterocycles.